The number of carboxylic acid groups (broad SMARTS) is 1. The first-order valence-corrected chi connectivity index (χ1v) is 12.3. The van der Waals surface area contributed by atoms with Crippen LogP contribution in [0.1, 0.15) is 68.7 Å². The van der Waals surface area contributed by atoms with Crippen LogP contribution in [0.2, 0.25) is 0 Å². The monoisotopic (exact) mass is 500 g/mol. The van der Waals surface area contributed by atoms with Crippen LogP contribution in [0.15, 0.2) is 60.7 Å². The Kier molecular flexibility index (Phi) is 6.49. The lowest BCUT2D eigenvalue weighted by atomic mass is 9.77. The number of nitrogens with zero attached hydrogens (tertiary/aromatic N) is 2. The lowest BCUT2D eigenvalue weighted by Gasteiger charge is -2.28. The molecule has 0 amide bonds. The number of aryl methyl sites for hydroxylation is 1. The predicted octanol–water partition coefficient (Wildman–Crippen LogP) is 7.65. The van der Waals surface area contributed by atoms with Crippen LogP contribution < -0.4 is 0 Å². The zero-order chi connectivity index (χ0) is 27.3. The molecule has 4 aromatic rings. The third kappa shape index (κ3) is 5.01. The van der Waals surface area contributed by atoms with E-state index in [1.165, 1.54) is 12.1 Å². The summed E-state index contributed by atoms with van der Waals surface area (Å²) in [5.41, 5.74) is 4.55. The minimum absolute atomic E-state index is 0.120. The van der Waals surface area contributed by atoms with E-state index >= 15 is 0 Å². The summed E-state index contributed by atoms with van der Waals surface area (Å²) in [5, 5.41) is 26.1. The van der Waals surface area contributed by atoms with Gasteiger partial charge in [0.1, 0.15) is 11.6 Å². The molecule has 0 saturated carbocycles. The quantitative estimate of drug-likeness (QED) is 0.302. The minimum atomic E-state index is -1.17. The summed E-state index contributed by atoms with van der Waals surface area (Å²) >= 11 is 0. The van der Waals surface area contributed by atoms with E-state index in [1.54, 1.807) is 16.8 Å². The number of rotatable bonds is 4. The van der Waals surface area contributed by atoms with Gasteiger partial charge in [0.25, 0.3) is 0 Å². The highest BCUT2D eigenvalue weighted by molar-refractivity contribution is 6.00. The maximum Gasteiger partial charge on any atom is 0.357 e. The molecule has 0 spiro atoms. The molecule has 0 saturated heterocycles. The van der Waals surface area contributed by atoms with Gasteiger partial charge in [-0.3, -0.25) is 0 Å². The lowest BCUT2D eigenvalue weighted by Crippen LogP contribution is -2.17. The van der Waals surface area contributed by atoms with Crippen molar-refractivity contribution in [1.82, 2.24) is 9.78 Å². The first-order valence-electron chi connectivity index (χ1n) is 12.3. The number of aromatic nitrogens is 2. The van der Waals surface area contributed by atoms with Gasteiger partial charge in [-0.15, -0.1) is 0 Å². The highest BCUT2D eigenvalue weighted by Crippen LogP contribution is 2.45. The maximum atomic E-state index is 13.8. The van der Waals surface area contributed by atoms with Crippen LogP contribution in [-0.2, 0) is 10.8 Å². The summed E-state index contributed by atoms with van der Waals surface area (Å²) in [5.74, 6) is -1.36. The van der Waals surface area contributed by atoms with E-state index in [4.69, 9.17) is 0 Å². The van der Waals surface area contributed by atoms with Crippen LogP contribution in [0.4, 0.5) is 4.39 Å². The van der Waals surface area contributed by atoms with E-state index in [2.05, 4.69) is 5.10 Å². The fraction of sp³-hybridized carbons (Fsp3) is 0.290. The molecule has 0 aliphatic heterocycles. The first-order chi connectivity index (χ1) is 17.2. The number of carboxylic acids is 1. The van der Waals surface area contributed by atoms with E-state index < -0.39 is 22.6 Å². The molecule has 37 heavy (non-hydrogen) atoms. The van der Waals surface area contributed by atoms with Gasteiger partial charge in [-0.2, -0.15) is 5.10 Å². The fourth-order valence-corrected chi connectivity index (χ4v) is 4.51. The number of carbonyl (C=O) groups is 1. The molecule has 6 heteroatoms. The molecule has 5 nitrogen and oxygen atoms in total. The largest absolute Gasteiger partial charge is 0.507 e. The molecule has 4 rings (SSSR count). The molecule has 0 bridgehead atoms. The topological polar surface area (TPSA) is 75.3 Å². The molecule has 3 aromatic carbocycles. The Bertz CT molecular complexity index is 1430. The van der Waals surface area contributed by atoms with Gasteiger partial charge in [-0.1, -0.05) is 71.4 Å². The summed E-state index contributed by atoms with van der Waals surface area (Å²) in [6.07, 6.45) is 0. The average Bonchev–Trinajstić information content (AvgIpc) is 3.19. The fourth-order valence-electron chi connectivity index (χ4n) is 4.51. The smallest absolute Gasteiger partial charge is 0.357 e. The summed E-state index contributed by atoms with van der Waals surface area (Å²) in [7, 11) is 0. The van der Waals surface area contributed by atoms with Crippen LogP contribution in [0, 0.1) is 12.7 Å². The molecule has 0 aliphatic carbocycles. The Hall–Kier alpha value is -3.93. The van der Waals surface area contributed by atoms with Crippen molar-refractivity contribution in [2.75, 3.05) is 0 Å². The molecule has 0 aliphatic rings. The summed E-state index contributed by atoms with van der Waals surface area (Å²) in [4.78, 5) is 12.6. The van der Waals surface area contributed by atoms with Gasteiger partial charge in [0.2, 0.25) is 0 Å². The van der Waals surface area contributed by atoms with Crippen LogP contribution >= 0.6 is 0 Å². The van der Waals surface area contributed by atoms with Crippen molar-refractivity contribution in [3.63, 3.8) is 0 Å². The molecule has 1 heterocycles. The Balaban J connectivity index is 2.17. The second-order valence-electron chi connectivity index (χ2n) is 11.6. The molecule has 0 atom stereocenters. The highest BCUT2D eigenvalue weighted by atomic mass is 19.1. The highest BCUT2D eigenvalue weighted by Gasteiger charge is 2.31. The normalized spacial score (nSPS) is 12.1. The maximum absolute atomic E-state index is 13.8. The average molecular weight is 501 g/mol. The number of aromatic hydroxyl groups is 1. The predicted molar refractivity (Wildman–Crippen MR) is 145 cm³/mol. The summed E-state index contributed by atoms with van der Waals surface area (Å²) < 4.78 is 15.3. The number of phenols is 1. The molecule has 0 unspecified atom stereocenters. The molecular weight excluding hydrogens is 467 g/mol. The van der Waals surface area contributed by atoms with Crippen molar-refractivity contribution in [3.05, 3.63) is 88.9 Å². The van der Waals surface area contributed by atoms with E-state index in [0.717, 1.165) is 22.3 Å². The lowest BCUT2D eigenvalue weighted by molar-refractivity contribution is 0.0690. The number of hydrogen-bond donors (Lipinski definition) is 2. The van der Waals surface area contributed by atoms with Gasteiger partial charge in [0.05, 0.1) is 11.4 Å². The van der Waals surface area contributed by atoms with Crippen molar-refractivity contribution >= 4 is 5.97 Å². The second kappa shape index (κ2) is 9.18. The van der Waals surface area contributed by atoms with Gasteiger partial charge in [-0.25, -0.2) is 13.9 Å². The number of benzene rings is 3. The molecular formula is C31H33FN2O3. The SMILES string of the molecule is Cc1ccc(-c2c(-c3cc(C(C)(C)C)c(O)c(C(C)(C)C)c3)c(C(=O)O)nn2-c2ccc(F)cc2)cc1. The van der Waals surface area contributed by atoms with Gasteiger partial charge in [0, 0.05) is 22.3 Å². The van der Waals surface area contributed by atoms with Crippen LogP contribution in [0.25, 0.3) is 28.1 Å². The van der Waals surface area contributed by atoms with Crippen molar-refractivity contribution in [2.24, 2.45) is 0 Å². The Morgan fingerprint density at radius 1 is 0.838 bits per heavy atom. The van der Waals surface area contributed by atoms with E-state index in [9.17, 15) is 19.4 Å². The molecule has 2 N–H and O–H groups in total. The Labute approximate surface area is 217 Å². The zero-order valence-electron chi connectivity index (χ0n) is 22.3. The molecule has 1 aromatic heterocycles. The van der Waals surface area contributed by atoms with Crippen molar-refractivity contribution in [2.45, 2.75) is 59.3 Å². The number of aromatic carboxylic acids is 1. The summed E-state index contributed by atoms with van der Waals surface area (Å²) in [6, 6.07) is 17.3. The van der Waals surface area contributed by atoms with Gasteiger partial charge < -0.3 is 10.2 Å². The third-order valence-corrected chi connectivity index (χ3v) is 6.50. The third-order valence-electron chi connectivity index (χ3n) is 6.50. The standard InChI is InChI=1S/C31H33FN2O3/c1-18-8-10-19(11-9-18)27-25(26(29(36)37)33-34(27)22-14-12-21(32)13-15-22)20-16-23(30(2,3)4)28(35)24(17-20)31(5,6)7/h8-17,35H,1-7H3,(H,36,37). The van der Waals surface area contributed by atoms with Crippen molar-refractivity contribution < 1.29 is 19.4 Å². The van der Waals surface area contributed by atoms with Gasteiger partial charge in [-0.05, 0) is 59.7 Å². The Morgan fingerprint density at radius 3 is 1.81 bits per heavy atom. The molecule has 192 valence electrons. The van der Waals surface area contributed by atoms with Crippen LogP contribution in [0.5, 0.6) is 5.75 Å². The van der Waals surface area contributed by atoms with Crippen LogP contribution in [-0.4, -0.2) is 26.0 Å². The van der Waals surface area contributed by atoms with Gasteiger partial charge >= 0.3 is 5.97 Å². The van der Waals surface area contributed by atoms with Crippen molar-refractivity contribution in [3.8, 4) is 33.8 Å². The molecule has 0 fully saturated rings. The van der Waals surface area contributed by atoms with Crippen LogP contribution in [0.3, 0.4) is 0 Å². The van der Waals surface area contributed by atoms with E-state index in [1.807, 2.05) is 84.9 Å². The summed E-state index contributed by atoms with van der Waals surface area (Å²) in [6.45, 7) is 14.1. The van der Waals surface area contributed by atoms with Crippen molar-refractivity contribution in [1.29, 1.82) is 0 Å². The Morgan fingerprint density at radius 2 is 1.35 bits per heavy atom. The number of hydrogen-bond acceptors (Lipinski definition) is 3. The number of phenolic OH excluding ortho intramolecular Hbond substituents is 1. The first kappa shape index (κ1) is 26.1. The van der Waals surface area contributed by atoms with Gasteiger partial charge in [0.15, 0.2) is 5.69 Å². The molecule has 0 radical (unpaired) electrons. The van der Waals surface area contributed by atoms with E-state index in [-0.39, 0.29) is 11.4 Å². The van der Waals surface area contributed by atoms with E-state index in [0.29, 0.717) is 22.5 Å². The second-order valence-corrected chi connectivity index (χ2v) is 11.6. The minimum Gasteiger partial charge on any atom is -0.507 e. The zero-order valence-corrected chi connectivity index (χ0v) is 22.3. The number of halogens is 1.